The van der Waals surface area contributed by atoms with E-state index in [-0.39, 0.29) is 11.4 Å². The van der Waals surface area contributed by atoms with Crippen molar-refractivity contribution in [1.82, 2.24) is 0 Å². The maximum atomic E-state index is 13.1. The number of nitrogens with one attached hydrogen (secondary N) is 1. The van der Waals surface area contributed by atoms with Crippen LogP contribution in [0, 0.1) is 5.82 Å². The molecule has 0 aliphatic rings. The van der Waals surface area contributed by atoms with Gasteiger partial charge in [0.2, 0.25) is 0 Å². The van der Waals surface area contributed by atoms with Crippen LogP contribution in [0.1, 0.15) is 21.5 Å². The van der Waals surface area contributed by atoms with Crippen LogP contribution in [0.4, 0.5) is 15.8 Å². The number of furan rings is 1. The second-order valence-electron chi connectivity index (χ2n) is 6.29. The minimum absolute atomic E-state index is 0.140. The second-order valence-corrected chi connectivity index (χ2v) is 6.29. The number of carboxylic acids is 1. The van der Waals surface area contributed by atoms with E-state index >= 15 is 0 Å². The Bertz CT molecular complexity index is 1180. The molecule has 0 saturated heterocycles. The summed E-state index contributed by atoms with van der Waals surface area (Å²) >= 11 is 0. The summed E-state index contributed by atoms with van der Waals surface area (Å²) in [7, 11) is 0. The third-order valence-corrected chi connectivity index (χ3v) is 4.34. The van der Waals surface area contributed by atoms with Crippen LogP contribution in [0.15, 0.2) is 77.4 Å². The van der Waals surface area contributed by atoms with Crippen molar-refractivity contribution in [1.29, 1.82) is 0 Å². The molecule has 0 aliphatic carbocycles. The number of benzene rings is 3. The maximum absolute atomic E-state index is 13.1. The molecule has 28 heavy (non-hydrogen) atoms. The van der Waals surface area contributed by atoms with Gasteiger partial charge in [-0.25, -0.2) is 9.18 Å². The summed E-state index contributed by atoms with van der Waals surface area (Å²) in [5.41, 5.74) is 3.85. The first-order valence-electron chi connectivity index (χ1n) is 8.64. The molecule has 4 aromatic rings. The molecule has 0 aliphatic heterocycles. The van der Waals surface area contributed by atoms with E-state index in [1.807, 2.05) is 36.4 Å². The average molecular weight is 373 g/mol. The van der Waals surface area contributed by atoms with Crippen LogP contribution in [0.5, 0.6) is 0 Å². The zero-order chi connectivity index (χ0) is 19.5. The van der Waals surface area contributed by atoms with Gasteiger partial charge < -0.3 is 14.8 Å². The van der Waals surface area contributed by atoms with Crippen molar-refractivity contribution in [2.75, 3.05) is 5.32 Å². The molecule has 4 rings (SSSR count). The lowest BCUT2D eigenvalue weighted by atomic mass is 10.1. The van der Waals surface area contributed by atoms with Crippen molar-refractivity contribution in [2.24, 2.45) is 0 Å². The number of carboxylic acid groups (broad SMARTS) is 1. The van der Waals surface area contributed by atoms with Gasteiger partial charge in [-0.05, 0) is 65.7 Å². The van der Waals surface area contributed by atoms with Crippen molar-refractivity contribution >= 4 is 40.5 Å². The molecule has 138 valence electrons. The normalized spacial score (nSPS) is 11.2. The van der Waals surface area contributed by atoms with Gasteiger partial charge in [0, 0.05) is 11.1 Å². The fourth-order valence-electron chi connectivity index (χ4n) is 2.93. The molecule has 0 atom stereocenters. The topological polar surface area (TPSA) is 62.5 Å². The molecule has 0 fully saturated rings. The molecule has 1 heterocycles. The molecule has 0 bridgehead atoms. The Morgan fingerprint density at radius 1 is 0.929 bits per heavy atom. The Kier molecular flexibility index (Phi) is 4.64. The highest BCUT2D eigenvalue weighted by Gasteiger charge is 2.10. The second kappa shape index (κ2) is 7.40. The zero-order valence-electron chi connectivity index (χ0n) is 14.7. The van der Waals surface area contributed by atoms with E-state index in [1.54, 1.807) is 36.6 Å². The van der Waals surface area contributed by atoms with Crippen LogP contribution in [-0.2, 0) is 0 Å². The highest BCUT2D eigenvalue weighted by Crippen LogP contribution is 2.25. The van der Waals surface area contributed by atoms with E-state index in [2.05, 4.69) is 5.32 Å². The molecule has 0 spiro atoms. The highest BCUT2D eigenvalue weighted by molar-refractivity contribution is 5.96. The SMILES string of the molecule is O=C(O)c1ccc(C=Cc2ccc3occc3c2)cc1Nc1ccc(F)cc1. The molecule has 0 amide bonds. The van der Waals surface area contributed by atoms with Crippen molar-refractivity contribution in [2.45, 2.75) is 0 Å². The molecule has 0 unspecified atom stereocenters. The lowest BCUT2D eigenvalue weighted by Gasteiger charge is -2.11. The van der Waals surface area contributed by atoms with Crippen LogP contribution in [0.2, 0.25) is 0 Å². The van der Waals surface area contributed by atoms with Gasteiger partial charge in [-0.1, -0.05) is 24.3 Å². The minimum Gasteiger partial charge on any atom is -0.478 e. The Labute approximate surface area is 160 Å². The van der Waals surface area contributed by atoms with Crippen LogP contribution in [-0.4, -0.2) is 11.1 Å². The van der Waals surface area contributed by atoms with E-state index in [0.29, 0.717) is 11.4 Å². The van der Waals surface area contributed by atoms with Gasteiger partial charge in [0.25, 0.3) is 0 Å². The molecule has 2 N–H and O–H groups in total. The first kappa shape index (κ1) is 17.5. The summed E-state index contributed by atoms with van der Waals surface area (Å²) in [5.74, 6) is -1.39. The lowest BCUT2D eigenvalue weighted by Crippen LogP contribution is -2.03. The number of rotatable bonds is 5. The maximum Gasteiger partial charge on any atom is 0.337 e. The van der Waals surface area contributed by atoms with Gasteiger partial charge in [-0.3, -0.25) is 0 Å². The zero-order valence-corrected chi connectivity index (χ0v) is 14.7. The summed E-state index contributed by atoms with van der Waals surface area (Å²) in [6, 6.07) is 18.6. The number of aromatic carboxylic acids is 1. The largest absolute Gasteiger partial charge is 0.478 e. The van der Waals surface area contributed by atoms with Crippen molar-refractivity contribution < 1.29 is 18.7 Å². The third-order valence-electron chi connectivity index (χ3n) is 4.34. The molecular formula is C23H16FNO3. The van der Waals surface area contributed by atoms with E-state index in [0.717, 1.165) is 22.1 Å². The molecule has 1 aromatic heterocycles. The van der Waals surface area contributed by atoms with E-state index < -0.39 is 5.97 Å². The van der Waals surface area contributed by atoms with Crippen LogP contribution < -0.4 is 5.32 Å². The predicted octanol–water partition coefficient (Wildman–Crippen LogP) is 6.18. The van der Waals surface area contributed by atoms with Crippen molar-refractivity contribution in [3.63, 3.8) is 0 Å². The smallest absolute Gasteiger partial charge is 0.337 e. The van der Waals surface area contributed by atoms with Crippen molar-refractivity contribution in [3.05, 3.63) is 95.5 Å². The highest BCUT2D eigenvalue weighted by atomic mass is 19.1. The number of halogens is 1. The molecule has 5 heteroatoms. The molecule has 4 nitrogen and oxygen atoms in total. The fourth-order valence-corrected chi connectivity index (χ4v) is 2.93. The first-order valence-corrected chi connectivity index (χ1v) is 8.64. The van der Waals surface area contributed by atoms with Gasteiger partial charge in [0.1, 0.15) is 11.4 Å². The lowest BCUT2D eigenvalue weighted by molar-refractivity contribution is 0.0698. The van der Waals surface area contributed by atoms with Crippen molar-refractivity contribution in [3.8, 4) is 0 Å². The third kappa shape index (κ3) is 3.78. The van der Waals surface area contributed by atoms with E-state index in [4.69, 9.17) is 4.42 Å². The molecular weight excluding hydrogens is 357 g/mol. The summed E-state index contributed by atoms with van der Waals surface area (Å²) < 4.78 is 18.4. The Hall–Kier alpha value is -3.86. The van der Waals surface area contributed by atoms with Gasteiger partial charge >= 0.3 is 5.97 Å². The van der Waals surface area contributed by atoms with Crippen LogP contribution in [0.25, 0.3) is 23.1 Å². The van der Waals surface area contributed by atoms with Gasteiger partial charge in [0.05, 0.1) is 17.5 Å². The number of carbonyl (C=O) groups is 1. The Morgan fingerprint density at radius 3 is 2.39 bits per heavy atom. The van der Waals surface area contributed by atoms with E-state index in [1.165, 1.54) is 12.1 Å². The fraction of sp³-hybridized carbons (Fsp3) is 0. The van der Waals surface area contributed by atoms with Gasteiger partial charge in [0.15, 0.2) is 0 Å². The van der Waals surface area contributed by atoms with Gasteiger partial charge in [-0.15, -0.1) is 0 Å². The van der Waals surface area contributed by atoms with E-state index in [9.17, 15) is 14.3 Å². The predicted molar refractivity (Wildman–Crippen MR) is 108 cm³/mol. The summed E-state index contributed by atoms with van der Waals surface area (Å²) in [5, 5.41) is 13.5. The first-order chi connectivity index (χ1) is 13.6. The number of hydrogen-bond donors (Lipinski definition) is 2. The molecule has 3 aromatic carbocycles. The van der Waals surface area contributed by atoms with Gasteiger partial charge in [-0.2, -0.15) is 0 Å². The molecule has 0 saturated carbocycles. The Morgan fingerprint density at radius 2 is 1.64 bits per heavy atom. The van der Waals surface area contributed by atoms with Crippen LogP contribution in [0.3, 0.4) is 0 Å². The standard InChI is InChI=1S/C23H16FNO3/c24-18-5-7-19(8-6-18)25-21-14-16(3-9-20(21)23(26)27)2-1-15-4-10-22-17(13-15)11-12-28-22/h1-14,25H,(H,26,27). The molecule has 0 radical (unpaired) electrons. The summed E-state index contributed by atoms with van der Waals surface area (Å²) in [6.45, 7) is 0. The summed E-state index contributed by atoms with van der Waals surface area (Å²) in [4.78, 5) is 11.5. The quantitative estimate of drug-likeness (QED) is 0.410. The number of anilines is 2. The number of hydrogen-bond acceptors (Lipinski definition) is 3. The average Bonchev–Trinajstić information content (AvgIpc) is 3.16. The summed E-state index contributed by atoms with van der Waals surface area (Å²) in [6.07, 6.45) is 5.50. The number of fused-ring (bicyclic) bond motifs is 1. The minimum atomic E-state index is -1.04. The van der Waals surface area contributed by atoms with Crippen LogP contribution >= 0.6 is 0 Å². The monoisotopic (exact) mass is 373 g/mol. The Balaban J connectivity index is 1.63.